The summed E-state index contributed by atoms with van der Waals surface area (Å²) in [5.41, 5.74) is 2.30. The van der Waals surface area contributed by atoms with Gasteiger partial charge < -0.3 is 19.8 Å². The summed E-state index contributed by atoms with van der Waals surface area (Å²) < 4.78 is 5.72. The summed E-state index contributed by atoms with van der Waals surface area (Å²) in [6.45, 7) is 5.76. The Balaban J connectivity index is 1.73. The van der Waals surface area contributed by atoms with Gasteiger partial charge >= 0.3 is 0 Å². The first-order chi connectivity index (χ1) is 10.5. The van der Waals surface area contributed by atoms with E-state index in [1.54, 1.807) is 0 Å². The fourth-order valence-corrected chi connectivity index (χ4v) is 3.26. The SMILES string of the molecule is Cc1ccc(OCC(O)CN(C)CC2CCCC2O)c(C)c1. The molecule has 0 aromatic heterocycles. The second-order valence-corrected chi connectivity index (χ2v) is 6.71. The van der Waals surface area contributed by atoms with E-state index in [0.29, 0.717) is 19.1 Å². The molecule has 22 heavy (non-hydrogen) atoms. The number of likely N-dealkylation sites (N-methyl/N-ethyl adjacent to an activating group) is 1. The lowest BCUT2D eigenvalue weighted by Gasteiger charge is -2.25. The third-order valence-electron chi connectivity index (χ3n) is 4.45. The van der Waals surface area contributed by atoms with Crippen molar-refractivity contribution in [3.8, 4) is 5.75 Å². The first-order valence-electron chi connectivity index (χ1n) is 8.20. The Hall–Kier alpha value is -1.10. The maximum Gasteiger partial charge on any atom is 0.122 e. The van der Waals surface area contributed by atoms with Gasteiger partial charge in [0.2, 0.25) is 0 Å². The summed E-state index contributed by atoms with van der Waals surface area (Å²) in [6.07, 6.45) is 2.41. The Bertz CT molecular complexity index is 477. The lowest BCUT2D eigenvalue weighted by Crippen LogP contribution is -2.37. The third kappa shape index (κ3) is 4.97. The van der Waals surface area contributed by atoms with Crippen LogP contribution in [0.2, 0.25) is 0 Å². The Morgan fingerprint density at radius 3 is 2.73 bits per heavy atom. The highest BCUT2D eigenvalue weighted by molar-refractivity contribution is 5.35. The second kappa shape index (κ2) is 7.95. The number of rotatable bonds is 7. The molecule has 0 radical (unpaired) electrons. The fraction of sp³-hybridized carbons (Fsp3) is 0.667. The summed E-state index contributed by atoms with van der Waals surface area (Å²) >= 11 is 0. The third-order valence-corrected chi connectivity index (χ3v) is 4.45. The molecule has 3 atom stereocenters. The van der Waals surface area contributed by atoms with Crippen molar-refractivity contribution in [1.29, 1.82) is 0 Å². The van der Waals surface area contributed by atoms with Gasteiger partial charge in [-0.15, -0.1) is 0 Å². The monoisotopic (exact) mass is 307 g/mol. The zero-order valence-corrected chi connectivity index (χ0v) is 14.0. The minimum atomic E-state index is -0.524. The number of aryl methyl sites for hydroxylation is 2. The van der Waals surface area contributed by atoms with Gasteiger partial charge in [0, 0.05) is 13.1 Å². The lowest BCUT2D eigenvalue weighted by molar-refractivity contribution is 0.0577. The van der Waals surface area contributed by atoms with Crippen LogP contribution >= 0.6 is 0 Å². The zero-order valence-electron chi connectivity index (χ0n) is 14.0. The topological polar surface area (TPSA) is 52.9 Å². The van der Waals surface area contributed by atoms with E-state index >= 15 is 0 Å². The van der Waals surface area contributed by atoms with Crippen molar-refractivity contribution in [3.63, 3.8) is 0 Å². The number of aliphatic hydroxyl groups is 2. The molecular weight excluding hydrogens is 278 g/mol. The number of hydrogen-bond acceptors (Lipinski definition) is 4. The molecule has 2 rings (SSSR count). The molecule has 1 aliphatic carbocycles. The van der Waals surface area contributed by atoms with E-state index in [1.165, 1.54) is 5.56 Å². The maximum absolute atomic E-state index is 10.1. The molecule has 0 heterocycles. The first kappa shape index (κ1) is 17.3. The van der Waals surface area contributed by atoms with Gasteiger partial charge in [-0.1, -0.05) is 24.1 Å². The van der Waals surface area contributed by atoms with Crippen molar-refractivity contribution in [1.82, 2.24) is 4.90 Å². The Morgan fingerprint density at radius 1 is 1.32 bits per heavy atom. The second-order valence-electron chi connectivity index (χ2n) is 6.71. The molecule has 2 N–H and O–H groups in total. The standard InChI is InChI=1S/C18H29NO3/c1-13-7-8-18(14(2)9-13)22-12-16(20)11-19(3)10-15-5-4-6-17(15)21/h7-9,15-17,20-21H,4-6,10-12H2,1-3H3. The number of aliphatic hydroxyl groups excluding tert-OH is 2. The molecule has 1 aromatic rings. The van der Waals surface area contributed by atoms with Gasteiger partial charge in [0.05, 0.1) is 6.10 Å². The molecule has 4 nitrogen and oxygen atoms in total. The van der Waals surface area contributed by atoms with Gasteiger partial charge in [-0.2, -0.15) is 0 Å². The van der Waals surface area contributed by atoms with Gasteiger partial charge in [0.1, 0.15) is 18.5 Å². The van der Waals surface area contributed by atoms with Crippen molar-refractivity contribution in [2.24, 2.45) is 5.92 Å². The molecule has 0 amide bonds. The fourth-order valence-electron chi connectivity index (χ4n) is 3.26. The first-order valence-corrected chi connectivity index (χ1v) is 8.20. The van der Waals surface area contributed by atoms with Gasteiger partial charge in [0.15, 0.2) is 0 Å². The van der Waals surface area contributed by atoms with Crippen molar-refractivity contribution in [2.45, 2.75) is 45.3 Å². The number of hydrogen-bond donors (Lipinski definition) is 2. The number of ether oxygens (including phenoxy) is 1. The highest BCUT2D eigenvalue weighted by Gasteiger charge is 2.26. The Kier molecular flexibility index (Phi) is 6.24. The van der Waals surface area contributed by atoms with Gasteiger partial charge in [-0.05, 0) is 51.3 Å². The molecule has 1 aromatic carbocycles. The molecule has 4 heteroatoms. The van der Waals surface area contributed by atoms with Crippen molar-refractivity contribution < 1.29 is 14.9 Å². The zero-order chi connectivity index (χ0) is 16.1. The predicted octanol–water partition coefficient (Wildman–Crippen LogP) is 2.14. The highest BCUT2D eigenvalue weighted by Crippen LogP contribution is 2.26. The predicted molar refractivity (Wildman–Crippen MR) is 88.3 cm³/mol. The van der Waals surface area contributed by atoms with Crippen LogP contribution in [0, 0.1) is 19.8 Å². The van der Waals surface area contributed by atoms with Crippen LogP contribution in [0.5, 0.6) is 5.75 Å². The van der Waals surface area contributed by atoms with Gasteiger partial charge in [0.25, 0.3) is 0 Å². The minimum Gasteiger partial charge on any atom is -0.491 e. The molecule has 0 spiro atoms. The molecule has 3 unspecified atom stereocenters. The Morgan fingerprint density at radius 2 is 2.09 bits per heavy atom. The minimum absolute atomic E-state index is 0.175. The van der Waals surface area contributed by atoms with E-state index in [4.69, 9.17) is 4.74 Å². The van der Waals surface area contributed by atoms with Crippen LogP contribution < -0.4 is 4.74 Å². The summed E-state index contributed by atoms with van der Waals surface area (Å²) in [5, 5.41) is 20.0. The lowest BCUT2D eigenvalue weighted by atomic mass is 10.1. The van der Waals surface area contributed by atoms with E-state index < -0.39 is 6.10 Å². The van der Waals surface area contributed by atoms with E-state index in [2.05, 4.69) is 17.9 Å². The van der Waals surface area contributed by atoms with Crippen LogP contribution in [-0.4, -0.2) is 54.1 Å². The molecule has 1 fully saturated rings. The van der Waals surface area contributed by atoms with Gasteiger partial charge in [-0.3, -0.25) is 0 Å². The van der Waals surface area contributed by atoms with Crippen molar-refractivity contribution in [2.75, 3.05) is 26.7 Å². The summed E-state index contributed by atoms with van der Waals surface area (Å²) in [6, 6.07) is 6.05. The van der Waals surface area contributed by atoms with Gasteiger partial charge in [-0.25, -0.2) is 0 Å². The normalized spacial score (nSPS) is 23.0. The smallest absolute Gasteiger partial charge is 0.122 e. The molecule has 1 saturated carbocycles. The van der Waals surface area contributed by atoms with Crippen LogP contribution in [0.3, 0.4) is 0 Å². The maximum atomic E-state index is 10.1. The van der Waals surface area contributed by atoms with E-state index in [0.717, 1.165) is 37.1 Å². The summed E-state index contributed by atoms with van der Waals surface area (Å²) in [4.78, 5) is 2.09. The molecule has 0 bridgehead atoms. The van der Waals surface area contributed by atoms with Crippen molar-refractivity contribution in [3.05, 3.63) is 29.3 Å². The van der Waals surface area contributed by atoms with E-state index in [-0.39, 0.29) is 6.10 Å². The molecule has 0 saturated heterocycles. The van der Waals surface area contributed by atoms with Crippen LogP contribution in [0.25, 0.3) is 0 Å². The highest BCUT2D eigenvalue weighted by atomic mass is 16.5. The van der Waals surface area contributed by atoms with Crippen LogP contribution in [0.4, 0.5) is 0 Å². The van der Waals surface area contributed by atoms with Crippen LogP contribution in [-0.2, 0) is 0 Å². The summed E-state index contributed by atoms with van der Waals surface area (Å²) in [7, 11) is 1.99. The van der Waals surface area contributed by atoms with Crippen LogP contribution in [0.15, 0.2) is 18.2 Å². The molecule has 1 aliphatic rings. The van der Waals surface area contributed by atoms with Crippen molar-refractivity contribution >= 4 is 0 Å². The number of nitrogens with zero attached hydrogens (tertiary/aromatic N) is 1. The quantitative estimate of drug-likeness (QED) is 0.810. The molecule has 124 valence electrons. The summed E-state index contributed by atoms with van der Waals surface area (Å²) in [5.74, 6) is 1.18. The Labute approximate surface area is 133 Å². The average molecular weight is 307 g/mol. The van der Waals surface area contributed by atoms with E-state index in [9.17, 15) is 10.2 Å². The molecule has 0 aliphatic heterocycles. The largest absolute Gasteiger partial charge is 0.491 e. The van der Waals surface area contributed by atoms with E-state index in [1.807, 2.05) is 26.1 Å². The molecular formula is C18H29NO3. The van der Waals surface area contributed by atoms with Crippen LogP contribution in [0.1, 0.15) is 30.4 Å². The average Bonchev–Trinajstić information content (AvgIpc) is 2.83. The number of benzene rings is 1.